The van der Waals surface area contributed by atoms with E-state index in [4.69, 9.17) is 28.2 Å². The van der Waals surface area contributed by atoms with E-state index in [2.05, 4.69) is 0 Å². The number of alkyl halides is 3. The van der Waals surface area contributed by atoms with Crippen LogP contribution < -0.4 is 10.6 Å². The highest BCUT2D eigenvalue weighted by atomic mass is 32.1. The number of anilines is 1. The third-order valence-electron chi connectivity index (χ3n) is 2.67. The Balaban J connectivity index is 3.28. The molecule has 1 aromatic rings. The van der Waals surface area contributed by atoms with Crippen LogP contribution in [-0.2, 0) is 6.18 Å². The Morgan fingerprint density at radius 1 is 1.20 bits per heavy atom. The van der Waals surface area contributed by atoms with Crippen LogP contribution in [0.3, 0.4) is 0 Å². The minimum atomic E-state index is -4.49. The molecule has 4 nitrogen and oxygen atoms in total. The smallest absolute Gasteiger partial charge is 0.395 e. The van der Waals surface area contributed by atoms with Crippen LogP contribution in [0, 0.1) is 0 Å². The zero-order valence-electron chi connectivity index (χ0n) is 10.5. The van der Waals surface area contributed by atoms with Crippen LogP contribution in [0.2, 0.25) is 0 Å². The molecular formula is C12H15F3N2O2S. The number of halogens is 3. The molecule has 0 saturated heterocycles. The van der Waals surface area contributed by atoms with Gasteiger partial charge >= 0.3 is 6.18 Å². The number of nitrogens with zero attached hydrogens (tertiary/aromatic N) is 1. The Bertz CT molecular complexity index is 474. The molecule has 0 aliphatic rings. The van der Waals surface area contributed by atoms with Crippen LogP contribution in [0.15, 0.2) is 18.2 Å². The summed E-state index contributed by atoms with van der Waals surface area (Å²) in [6.07, 6.45) is -4.49. The lowest BCUT2D eigenvalue weighted by Gasteiger charge is -2.26. The number of hydrogen-bond acceptors (Lipinski definition) is 4. The summed E-state index contributed by atoms with van der Waals surface area (Å²) < 4.78 is 38.0. The summed E-state index contributed by atoms with van der Waals surface area (Å²) in [5, 5.41) is 17.9. The van der Waals surface area contributed by atoms with Crippen molar-refractivity contribution in [1.82, 2.24) is 0 Å². The van der Waals surface area contributed by atoms with Gasteiger partial charge in [-0.05, 0) is 18.2 Å². The van der Waals surface area contributed by atoms with Crippen molar-refractivity contribution in [3.8, 4) is 0 Å². The average molecular weight is 308 g/mol. The van der Waals surface area contributed by atoms with Gasteiger partial charge in [0, 0.05) is 24.3 Å². The second-order valence-corrected chi connectivity index (χ2v) is 4.47. The second-order valence-electron chi connectivity index (χ2n) is 4.03. The zero-order chi connectivity index (χ0) is 15.3. The Morgan fingerprint density at radius 2 is 1.75 bits per heavy atom. The number of benzene rings is 1. The summed E-state index contributed by atoms with van der Waals surface area (Å²) >= 11 is 4.78. The standard InChI is InChI=1S/C12H15F3N2O2S/c13-12(14,15)8-1-2-10(9(7-8)11(16)20)17(3-5-18)4-6-19/h1-2,7,18-19H,3-6H2,(H2,16,20). The topological polar surface area (TPSA) is 69.7 Å². The van der Waals surface area contributed by atoms with Crippen LogP contribution in [0.4, 0.5) is 18.9 Å². The van der Waals surface area contributed by atoms with Gasteiger partial charge in [-0.25, -0.2) is 0 Å². The molecule has 0 amide bonds. The molecule has 4 N–H and O–H groups in total. The summed E-state index contributed by atoms with van der Waals surface area (Å²) in [6.45, 7) is -0.112. The van der Waals surface area contributed by atoms with E-state index in [0.29, 0.717) is 5.69 Å². The monoisotopic (exact) mass is 308 g/mol. The van der Waals surface area contributed by atoms with E-state index >= 15 is 0 Å². The van der Waals surface area contributed by atoms with E-state index in [-0.39, 0.29) is 36.9 Å². The summed E-state index contributed by atoms with van der Waals surface area (Å²) in [6, 6.07) is 3.03. The molecule has 0 fully saturated rings. The van der Waals surface area contributed by atoms with Crippen molar-refractivity contribution in [3.05, 3.63) is 29.3 Å². The first kappa shape index (κ1) is 16.7. The Kier molecular flexibility index (Phi) is 5.73. The molecule has 0 atom stereocenters. The van der Waals surface area contributed by atoms with E-state index in [1.165, 1.54) is 11.0 Å². The van der Waals surface area contributed by atoms with E-state index in [9.17, 15) is 13.2 Å². The normalized spacial score (nSPS) is 11.4. The Hall–Kier alpha value is -1.38. The van der Waals surface area contributed by atoms with E-state index in [1.54, 1.807) is 0 Å². The van der Waals surface area contributed by atoms with Gasteiger partial charge in [-0.3, -0.25) is 0 Å². The van der Waals surface area contributed by atoms with Crippen LogP contribution in [0.5, 0.6) is 0 Å². The van der Waals surface area contributed by atoms with Crippen molar-refractivity contribution in [1.29, 1.82) is 0 Å². The van der Waals surface area contributed by atoms with Crippen molar-refractivity contribution in [2.24, 2.45) is 5.73 Å². The molecule has 112 valence electrons. The summed E-state index contributed by atoms with van der Waals surface area (Å²) in [5.74, 6) is 0. The highest BCUT2D eigenvalue weighted by molar-refractivity contribution is 7.80. The quantitative estimate of drug-likeness (QED) is 0.687. The molecular weight excluding hydrogens is 293 g/mol. The number of rotatable bonds is 6. The van der Waals surface area contributed by atoms with Crippen molar-refractivity contribution >= 4 is 22.9 Å². The minimum absolute atomic E-state index is 0.0664. The Morgan fingerprint density at radius 3 is 2.15 bits per heavy atom. The number of aliphatic hydroxyl groups excluding tert-OH is 2. The first-order chi connectivity index (χ1) is 9.31. The lowest BCUT2D eigenvalue weighted by molar-refractivity contribution is -0.137. The summed E-state index contributed by atoms with van der Waals surface area (Å²) in [7, 11) is 0. The molecule has 20 heavy (non-hydrogen) atoms. The van der Waals surface area contributed by atoms with Crippen molar-refractivity contribution in [2.75, 3.05) is 31.2 Å². The molecule has 0 aromatic heterocycles. The van der Waals surface area contributed by atoms with E-state index in [0.717, 1.165) is 12.1 Å². The highest BCUT2D eigenvalue weighted by Gasteiger charge is 2.31. The third kappa shape index (κ3) is 4.06. The zero-order valence-corrected chi connectivity index (χ0v) is 11.3. The molecule has 0 radical (unpaired) electrons. The molecule has 1 aromatic carbocycles. The van der Waals surface area contributed by atoms with Gasteiger partial charge in [0.25, 0.3) is 0 Å². The summed E-state index contributed by atoms with van der Waals surface area (Å²) in [4.78, 5) is 1.35. The molecule has 0 aliphatic carbocycles. The first-order valence-corrected chi connectivity index (χ1v) is 6.19. The van der Waals surface area contributed by atoms with Crippen molar-refractivity contribution < 1.29 is 23.4 Å². The number of nitrogens with two attached hydrogens (primary N) is 1. The van der Waals surface area contributed by atoms with Gasteiger partial charge in [0.2, 0.25) is 0 Å². The van der Waals surface area contributed by atoms with E-state index < -0.39 is 11.7 Å². The second kappa shape index (κ2) is 6.87. The number of hydrogen-bond donors (Lipinski definition) is 3. The van der Waals surface area contributed by atoms with Crippen LogP contribution in [0.1, 0.15) is 11.1 Å². The fourth-order valence-corrected chi connectivity index (χ4v) is 1.94. The summed E-state index contributed by atoms with van der Waals surface area (Å²) in [5.41, 5.74) is 5.04. The van der Waals surface area contributed by atoms with Crippen LogP contribution >= 0.6 is 12.2 Å². The average Bonchev–Trinajstić information content (AvgIpc) is 2.36. The van der Waals surface area contributed by atoms with Gasteiger partial charge in [-0.15, -0.1) is 0 Å². The molecule has 0 aliphatic heterocycles. The maximum atomic E-state index is 12.7. The predicted octanol–water partition coefficient (Wildman–Crippen LogP) is 1.13. The molecule has 1 rings (SSSR count). The molecule has 0 bridgehead atoms. The molecule has 0 heterocycles. The van der Waals surface area contributed by atoms with Gasteiger partial charge < -0.3 is 20.8 Å². The highest BCUT2D eigenvalue weighted by Crippen LogP contribution is 2.32. The van der Waals surface area contributed by atoms with E-state index in [1.807, 2.05) is 0 Å². The van der Waals surface area contributed by atoms with Gasteiger partial charge in [0.15, 0.2) is 0 Å². The third-order valence-corrected chi connectivity index (χ3v) is 2.89. The first-order valence-electron chi connectivity index (χ1n) is 5.79. The molecule has 8 heteroatoms. The number of aliphatic hydroxyl groups is 2. The lowest BCUT2D eigenvalue weighted by Crippen LogP contribution is -2.32. The van der Waals surface area contributed by atoms with Crippen LogP contribution in [0.25, 0.3) is 0 Å². The van der Waals surface area contributed by atoms with Crippen LogP contribution in [-0.4, -0.2) is 41.5 Å². The Labute approximate surface area is 119 Å². The van der Waals surface area contributed by atoms with Crippen molar-refractivity contribution in [2.45, 2.75) is 6.18 Å². The SMILES string of the molecule is NC(=S)c1cc(C(F)(F)F)ccc1N(CCO)CCO. The maximum absolute atomic E-state index is 12.7. The van der Waals surface area contributed by atoms with Gasteiger partial charge in [-0.2, -0.15) is 13.2 Å². The van der Waals surface area contributed by atoms with Gasteiger partial charge in [0.1, 0.15) is 4.99 Å². The lowest BCUT2D eigenvalue weighted by atomic mass is 10.1. The number of thiocarbonyl (C=S) groups is 1. The fraction of sp³-hybridized carbons (Fsp3) is 0.417. The van der Waals surface area contributed by atoms with Gasteiger partial charge in [-0.1, -0.05) is 12.2 Å². The molecule has 0 spiro atoms. The molecule has 0 saturated carbocycles. The van der Waals surface area contributed by atoms with Crippen molar-refractivity contribution in [3.63, 3.8) is 0 Å². The molecule has 0 unspecified atom stereocenters. The van der Waals surface area contributed by atoms with Gasteiger partial charge in [0.05, 0.1) is 18.8 Å². The minimum Gasteiger partial charge on any atom is -0.395 e. The fourth-order valence-electron chi connectivity index (χ4n) is 1.78. The predicted molar refractivity (Wildman–Crippen MR) is 73.7 cm³/mol. The largest absolute Gasteiger partial charge is 0.416 e. The maximum Gasteiger partial charge on any atom is 0.416 e.